The second-order valence-corrected chi connectivity index (χ2v) is 5.69. The number of nitrogens with zero attached hydrogens (tertiary/aromatic N) is 1. The Morgan fingerprint density at radius 2 is 2.24 bits per heavy atom. The van der Waals surface area contributed by atoms with Crippen molar-refractivity contribution in [1.82, 2.24) is 4.90 Å². The lowest BCUT2D eigenvalue weighted by Gasteiger charge is -2.33. The van der Waals surface area contributed by atoms with E-state index in [1.54, 1.807) is 7.11 Å². The number of ether oxygens (including phenoxy) is 1. The van der Waals surface area contributed by atoms with Crippen LogP contribution in [0.2, 0.25) is 0 Å². The van der Waals surface area contributed by atoms with Gasteiger partial charge in [0.2, 0.25) is 0 Å². The zero-order valence-electron chi connectivity index (χ0n) is 13.1. The Kier molecular flexibility index (Phi) is 6.05. The number of hydrogen-bond acceptors (Lipinski definition) is 3. The largest absolute Gasteiger partial charge is 0.384 e. The molecule has 21 heavy (non-hydrogen) atoms. The average Bonchev–Trinajstić information content (AvgIpc) is 2.53. The maximum absolute atomic E-state index is 12.8. The van der Waals surface area contributed by atoms with E-state index in [9.17, 15) is 4.79 Å². The molecule has 0 radical (unpaired) electrons. The molecule has 1 unspecified atom stereocenters. The van der Waals surface area contributed by atoms with Crippen LogP contribution in [-0.4, -0.2) is 44.2 Å². The first-order chi connectivity index (χ1) is 10.3. The van der Waals surface area contributed by atoms with E-state index < -0.39 is 0 Å². The fraction of sp³-hybridized carbons (Fsp3) is 0.588. The molecule has 1 aromatic rings. The van der Waals surface area contributed by atoms with E-state index in [2.05, 4.69) is 12.2 Å². The van der Waals surface area contributed by atoms with Gasteiger partial charge in [-0.3, -0.25) is 4.79 Å². The van der Waals surface area contributed by atoms with E-state index in [-0.39, 0.29) is 5.91 Å². The Bertz CT molecular complexity index is 460. The van der Waals surface area contributed by atoms with Crippen molar-refractivity contribution < 1.29 is 9.53 Å². The van der Waals surface area contributed by atoms with Crippen LogP contribution in [0.1, 0.15) is 36.5 Å². The van der Waals surface area contributed by atoms with Crippen LogP contribution in [0.25, 0.3) is 0 Å². The van der Waals surface area contributed by atoms with Crippen LogP contribution in [-0.2, 0) is 4.74 Å². The smallest absolute Gasteiger partial charge is 0.255 e. The quantitative estimate of drug-likeness (QED) is 0.875. The Hall–Kier alpha value is -1.55. The summed E-state index contributed by atoms with van der Waals surface area (Å²) >= 11 is 0. The van der Waals surface area contributed by atoms with E-state index in [0.717, 1.165) is 56.8 Å². The molecule has 2 rings (SSSR count). The highest BCUT2D eigenvalue weighted by Gasteiger charge is 2.25. The third-order valence-corrected chi connectivity index (χ3v) is 3.93. The van der Waals surface area contributed by atoms with Gasteiger partial charge < -0.3 is 15.0 Å². The SMILES string of the molecule is CCCNc1ccccc1C(=O)N1CCCC(COC)C1. The molecule has 0 bridgehead atoms. The van der Waals surface area contributed by atoms with Gasteiger partial charge in [-0.2, -0.15) is 0 Å². The number of carbonyl (C=O) groups excluding carboxylic acids is 1. The molecule has 0 aromatic heterocycles. The lowest BCUT2D eigenvalue weighted by Crippen LogP contribution is -2.41. The number of anilines is 1. The molecule has 1 atom stereocenters. The predicted octanol–water partition coefficient (Wildman–Crippen LogP) is 3.01. The Balaban J connectivity index is 2.08. The van der Waals surface area contributed by atoms with Gasteiger partial charge in [0.05, 0.1) is 12.2 Å². The number of carbonyl (C=O) groups is 1. The highest BCUT2D eigenvalue weighted by Crippen LogP contribution is 2.22. The van der Waals surface area contributed by atoms with Crippen molar-refractivity contribution in [2.24, 2.45) is 5.92 Å². The molecule has 0 aliphatic carbocycles. The maximum atomic E-state index is 12.8. The molecular weight excluding hydrogens is 264 g/mol. The highest BCUT2D eigenvalue weighted by molar-refractivity contribution is 5.99. The van der Waals surface area contributed by atoms with E-state index in [0.29, 0.717) is 5.92 Å². The molecule has 4 nitrogen and oxygen atoms in total. The molecule has 1 heterocycles. The molecule has 1 aliphatic heterocycles. The summed E-state index contributed by atoms with van der Waals surface area (Å²) in [4.78, 5) is 14.8. The molecule has 1 amide bonds. The molecule has 116 valence electrons. The molecule has 1 aliphatic rings. The van der Waals surface area contributed by atoms with Gasteiger partial charge in [0.1, 0.15) is 0 Å². The zero-order chi connectivity index (χ0) is 15.1. The van der Waals surface area contributed by atoms with Gasteiger partial charge in [0, 0.05) is 32.4 Å². The summed E-state index contributed by atoms with van der Waals surface area (Å²) in [7, 11) is 1.73. The Labute approximate surface area is 127 Å². The number of piperidine rings is 1. The summed E-state index contributed by atoms with van der Waals surface area (Å²) in [6.07, 6.45) is 3.25. The normalized spacial score (nSPS) is 18.6. The minimum Gasteiger partial charge on any atom is -0.384 e. The van der Waals surface area contributed by atoms with Gasteiger partial charge in [0.15, 0.2) is 0 Å². The molecule has 1 fully saturated rings. The van der Waals surface area contributed by atoms with E-state index in [1.807, 2.05) is 29.2 Å². The first kappa shape index (κ1) is 15.8. The van der Waals surface area contributed by atoms with Gasteiger partial charge in [-0.05, 0) is 37.3 Å². The molecule has 0 spiro atoms. The van der Waals surface area contributed by atoms with Crippen molar-refractivity contribution in [1.29, 1.82) is 0 Å². The van der Waals surface area contributed by atoms with Crippen LogP contribution in [0.15, 0.2) is 24.3 Å². The minimum absolute atomic E-state index is 0.134. The van der Waals surface area contributed by atoms with Gasteiger partial charge in [-0.1, -0.05) is 19.1 Å². The first-order valence-electron chi connectivity index (χ1n) is 7.87. The Morgan fingerprint density at radius 3 is 3.00 bits per heavy atom. The van der Waals surface area contributed by atoms with Crippen LogP contribution in [0.5, 0.6) is 0 Å². The number of benzene rings is 1. The first-order valence-corrected chi connectivity index (χ1v) is 7.87. The number of amides is 1. The van der Waals surface area contributed by atoms with Gasteiger partial charge in [0.25, 0.3) is 5.91 Å². The molecule has 4 heteroatoms. The van der Waals surface area contributed by atoms with Crippen LogP contribution < -0.4 is 5.32 Å². The number of para-hydroxylation sites is 1. The van der Waals surface area contributed by atoms with Crippen molar-refractivity contribution in [3.8, 4) is 0 Å². The number of likely N-dealkylation sites (tertiary alicyclic amines) is 1. The predicted molar refractivity (Wildman–Crippen MR) is 85.7 cm³/mol. The average molecular weight is 290 g/mol. The van der Waals surface area contributed by atoms with Crippen molar-refractivity contribution in [3.05, 3.63) is 29.8 Å². The van der Waals surface area contributed by atoms with Gasteiger partial charge in [-0.15, -0.1) is 0 Å². The second-order valence-electron chi connectivity index (χ2n) is 5.69. The Morgan fingerprint density at radius 1 is 1.43 bits per heavy atom. The number of methoxy groups -OCH3 is 1. The summed E-state index contributed by atoms with van der Waals surface area (Å²) in [6, 6.07) is 7.80. The molecule has 1 saturated heterocycles. The fourth-order valence-electron chi connectivity index (χ4n) is 2.88. The lowest BCUT2D eigenvalue weighted by molar-refractivity contribution is 0.0572. The molecule has 0 saturated carbocycles. The number of rotatable bonds is 6. The molecule has 1 aromatic carbocycles. The number of nitrogens with one attached hydrogen (secondary N) is 1. The topological polar surface area (TPSA) is 41.6 Å². The maximum Gasteiger partial charge on any atom is 0.255 e. The lowest BCUT2D eigenvalue weighted by atomic mass is 9.98. The summed E-state index contributed by atoms with van der Waals surface area (Å²) < 4.78 is 5.24. The van der Waals surface area contributed by atoms with Crippen LogP contribution in [0.4, 0.5) is 5.69 Å². The van der Waals surface area contributed by atoms with Gasteiger partial charge in [-0.25, -0.2) is 0 Å². The van der Waals surface area contributed by atoms with Gasteiger partial charge >= 0.3 is 0 Å². The van der Waals surface area contributed by atoms with E-state index in [1.165, 1.54) is 0 Å². The van der Waals surface area contributed by atoms with Crippen LogP contribution in [0, 0.1) is 5.92 Å². The fourth-order valence-corrected chi connectivity index (χ4v) is 2.88. The molecule has 1 N–H and O–H groups in total. The van der Waals surface area contributed by atoms with Crippen molar-refractivity contribution in [3.63, 3.8) is 0 Å². The van der Waals surface area contributed by atoms with Crippen LogP contribution >= 0.6 is 0 Å². The van der Waals surface area contributed by atoms with Crippen molar-refractivity contribution in [2.75, 3.05) is 38.7 Å². The monoisotopic (exact) mass is 290 g/mol. The highest BCUT2D eigenvalue weighted by atomic mass is 16.5. The minimum atomic E-state index is 0.134. The molecular formula is C17H26N2O2. The van der Waals surface area contributed by atoms with Crippen LogP contribution in [0.3, 0.4) is 0 Å². The second kappa shape index (κ2) is 8.03. The number of hydrogen-bond donors (Lipinski definition) is 1. The zero-order valence-corrected chi connectivity index (χ0v) is 13.1. The third-order valence-electron chi connectivity index (χ3n) is 3.93. The van der Waals surface area contributed by atoms with E-state index >= 15 is 0 Å². The summed E-state index contributed by atoms with van der Waals surface area (Å²) in [5.74, 6) is 0.596. The summed E-state index contributed by atoms with van der Waals surface area (Å²) in [5.41, 5.74) is 1.72. The summed E-state index contributed by atoms with van der Waals surface area (Å²) in [6.45, 7) is 5.39. The van der Waals surface area contributed by atoms with Crippen molar-refractivity contribution >= 4 is 11.6 Å². The summed E-state index contributed by atoms with van der Waals surface area (Å²) in [5, 5.41) is 3.35. The van der Waals surface area contributed by atoms with E-state index in [4.69, 9.17) is 4.74 Å². The third kappa shape index (κ3) is 4.21. The van der Waals surface area contributed by atoms with Crippen molar-refractivity contribution in [2.45, 2.75) is 26.2 Å². The standard InChI is InChI=1S/C17H26N2O2/c1-3-10-18-16-9-5-4-8-15(16)17(20)19-11-6-7-14(12-19)13-21-2/h4-5,8-9,14,18H,3,6-7,10-13H2,1-2H3.